The Hall–Kier alpha value is -0.570. The molecule has 0 amide bonds. The van der Waals surface area contributed by atoms with Gasteiger partial charge in [0.1, 0.15) is 0 Å². The van der Waals surface area contributed by atoms with Crippen molar-refractivity contribution in [1.82, 2.24) is 0 Å². The Balaban J connectivity index is 2.59. The fourth-order valence-corrected chi connectivity index (χ4v) is 2.32. The van der Waals surface area contributed by atoms with Crippen LogP contribution in [-0.2, 0) is 9.53 Å². The Labute approximate surface area is 86.0 Å². The van der Waals surface area contributed by atoms with E-state index in [4.69, 9.17) is 5.73 Å². The number of carbonyl (C=O) groups excluding carboxylic acids is 1. The summed E-state index contributed by atoms with van der Waals surface area (Å²) in [6, 6.07) is 0. The first-order valence-corrected chi connectivity index (χ1v) is 5.33. The van der Waals surface area contributed by atoms with Gasteiger partial charge < -0.3 is 10.5 Å². The molecule has 1 aliphatic carbocycles. The number of rotatable bonds is 2. The van der Waals surface area contributed by atoms with Crippen LogP contribution in [0.4, 0.5) is 0 Å². The summed E-state index contributed by atoms with van der Waals surface area (Å²) in [5, 5.41) is 0. The van der Waals surface area contributed by atoms with Crippen LogP contribution in [-0.4, -0.2) is 18.6 Å². The molecule has 0 aromatic rings. The van der Waals surface area contributed by atoms with E-state index in [1.54, 1.807) is 0 Å². The third-order valence-corrected chi connectivity index (χ3v) is 3.54. The van der Waals surface area contributed by atoms with Crippen LogP contribution < -0.4 is 5.73 Å². The molecule has 3 unspecified atom stereocenters. The SMILES string of the molecule is COC(=O)CC1(N)CCC(C)CC1C. The van der Waals surface area contributed by atoms with Crippen LogP contribution in [0, 0.1) is 11.8 Å². The van der Waals surface area contributed by atoms with Crippen LogP contribution in [0.3, 0.4) is 0 Å². The van der Waals surface area contributed by atoms with Gasteiger partial charge in [-0.15, -0.1) is 0 Å². The second kappa shape index (κ2) is 4.30. The minimum absolute atomic E-state index is 0.186. The molecule has 14 heavy (non-hydrogen) atoms. The summed E-state index contributed by atoms with van der Waals surface area (Å²) < 4.78 is 4.67. The van der Waals surface area contributed by atoms with Gasteiger partial charge in [0, 0.05) is 5.54 Å². The Morgan fingerprint density at radius 3 is 2.71 bits per heavy atom. The average Bonchev–Trinajstić information content (AvgIpc) is 2.12. The van der Waals surface area contributed by atoms with Crippen molar-refractivity contribution in [2.24, 2.45) is 17.6 Å². The van der Waals surface area contributed by atoms with E-state index in [9.17, 15) is 4.79 Å². The van der Waals surface area contributed by atoms with Crippen molar-refractivity contribution in [1.29, 1.82) is 0 Å². The highest BCUT2D eigenvalue weighted by molar-refractivity contribution is 5.70. The monoisotopic (exact) mass is 199 g/mol. The summed E-state index contributed by atoms with van der Waals surface area (Å²) in [6.07, 6.45) is 3.53. The lowest BCUT2D eigenvalue weighted by atomic mass is 9.69. The molecule has 3 heteroatoms. The van der Waals surface area contributed by atoms with Gasteiger partial charge in [0.15, 0.2) is 0 Å². The number of methoxy groups -OCH3 is 1. The molecule has 2 N–H and O–H groups in total. The van der Waals surface area contributed by atoms with Gasteiger partial charge in [-0.25, -0.2) is 0 Å². The van der Waals surface area contributed by atoms with Gasteiger partial charge in [-0.05, 0) is 31.1 Å². The first-order chi connectivity index (χ1) is 6.48. The largest absolute Gasteiger partial charge is 0.469 e. The van der Waals surface area contributed by atoms with E-state index in [1.807, 2.05) is 0 Å². The van der Waals surface area contributed by atoms with Crippen LogP contribution in [0.25, 0.3) is 0 Å². The summed E-state index contributed by atoms with van der Waals surface area (Å²) in [4.78, 5) is 11.2. The van der Waals surface area contributed by atoms with E-state index in [-0.39, 0.29) is 11.5 Å². The third kappa shape index (κ3) is 2.47. The van der Waals surface area contributed by atoms with Crippen molar-refractivity contribution in [2.45, 2.75) is 45.1 Å². The molecule has 3 nitrogen and oxygen atoms in total. The zero-order chi connectivity index (χ0) is 10.8. The van der Waals surface area contributed by atoms with E-state index >= 15 is 0 Å². The maximum Gasteiger partial charge on any atom is 0.307 e. The number of hydrogen-bond acceptors (Lipinski definition) is 3. The zero-order valence-corrected chi connectivity index (χ0v) is 9.38. The van der Waals surface area contributed by atoms with E-state index in [0.717, 1.165) is 25.2 Å². The van der Waals surface area contributed by atoms with Gasteiger partial charge in [0.05, 0.1) is 13.5 Å². The molecule has 0 radical (unpaired) electrons. The predicted molar refractivity (Wildman–Crippen MR) is 55.7 cm³/mol. The van der Waals surface area contributed by atoms with Gasteiger partial charge >= 0.3 is 5.97 Å². The summed E-state index contributed by atoms with van der Waals surface area (Å²) >= 11 is 0. The molecule has 0 spiro atoms. The van der Waals surface area contributed by atoms with Gasteiger partial charge in [0.2, 0.25) is 0 Å². The van der Waals surface area contributed by atoms with Crippen molar-refractivity contribution in [2.75, 3.05) is 7.11 Å². The summed E-state index contributed by atoms with van der Waals surface area (Å²) in [6.45, 7) is 4.38. The maximum atomic E-state index is 11.2. The van der Waals surface area contributed by atoms with Gasteiger partial charge in [-0.1, -0.05) is 13.8 Å². The minimum atomic E-state index is -0.334. The number of ether oxygens (including phenoxy) is 1. The first-order valence-electron chi connectivity index (χ1n) is 5.33. The van der Waals surface area contributed by atoms with Crippen LogP contribution >= 0.6 is 0 Å². The maximum absolute atomic E-state index is 11.2. The molecule has 1 aliphatic rings. The highest BCUT2D eigenvalue weighted by atomic mass is 16.5. The van der Waals surface area contributed by atoms with Crippen molar-refractivity contribution in [3.63, 3.8) is 0 Å². The Morgan fingerprint density at radius 2 is 2.21 bits per heavy atom. The topological polar surface area (TPSA) is 52.3 Å². The summed E-state index contributed by atoms with van der Waals surface area (Å²) in [7, 11) is 1.42. The predicted octanol–water partition coefficient (Wildman–Crippen LogP) is 1.70. The van der Waals surface area contributed by atoms with Crippen LogP contribution in [0.5, 0.6) is 0 Å². The van der Waals surface area contributed by atoms with Crippen molar-refractivity contribution < 1.29 is 9.53 Å². The van der Waals surface area contributed by atoms with E-state index < -0.39 is 0 Å². The molecule has 0 saturated heterocycles. The molecular weight excluding hydrogens is 178 g/mol. The molecule has 0 aromatic heterocycles. The molecule has 1 saturated carbocycles. The normalized spacial score (nSPS) is 38.0. The molecule has 0 aliphatic heterocycles. The Bertz CT molecular complexity index is 217. The quantitative estimate of drug-likeness (QED) is 0.689. The van der Waals surface area contributed by atoms with Crippen molar-refractivity contribution in [3.8, 4) is 0 Å². The lowest BCUT2D eigenvalue weighted by Crippen LogP contribution is -2.51. The van der Waals surface area contributed by atoms with Crippen LogP contribution in [0.2, 0.25) is 0 Å². The van der Waals surface area contributed by atoms with Crippen LogP contribution in [0.15, 0.2) is 0 Å². The van der Waals surface area contributed by atoms with Gasteiger partial charge in [0.25, 0.3) is 0 Å². The fourth-order valence-electron chi connectivity index (χ4n) is 2.32. The van der Waals surface area contributed by atoms with Crippen LogP contribution in [0.1, 0.15) is 39.5 Å². The first kappa shape index (κ1) is 11.5. The van der Waals surface area contributed by atoms with Gasteiger partial charge in [-0.3, -0.25) is 4.79 Å². The highest BCUT2D eigenvalue weighted by Crippen LogP contribution is 2.37. The summed E-state index contributed by atoms with van der Waals surface area (Å²) in [5.74, 6) is 0.957. The Morgan fingerprint density at radius 1 is 1.57 bits per heavy atom. The molecule has 0 heterocycles. The molecular formula is C11H21NO2. The van der Waals surface area contributed by atoms with E-state index in [2.05, 4.69) is 18.6 Å². The Kier molecular flexibility index (Phi) is 3.53. The van der Waals surface area contributed by atoms with Crippen molar-refractivity contribution >= 4 is 5.97 Å². The van der Waals surface area contributed by atoms with Crippen molar-refractivity contribution in [3.05, 3.63) is 0 Å². The van der Waals surface area contributed by atoms with Gasteiger partial charge in [-0.2, -0.15) is 0 Å². The standard InChI is InChI=1S/C11H21NO2/c1-8-4-5-11(12,9(2)6-8)7-10(13)14-3/h8-9H,4-7,12H2,1-3H3. The fraction of sp³-hybridized carbons (Fsp3) is 0.909. The molecule has 82 valence electrons. The molecule has 1 rings (SSSR count). The molecule has 0 bridgehead atoms. The molecule has 1 fully saturated rings. The summed E-state index contributed by atoms with van der Waals surface area (Å²) in [5.41, 5.74) is 5.91. The second-order valence-corrected chi connectivity index (χ2v) is 4.77. The lowest BCUT2D eigenvalue weighted by Gasteiger charge is -2.41. The zero-order valence-electron chi connectivity index (χ0n) is 9.38. The number of hydrogen-bond donors (Lipinski definition) is 1. The number of nitrogens with two attached hydrogens (primary N) is 1. The minimum Gasteiger partial charge on any atom is -0.469 e. The highest BCUT2D eigenvalue weighted by Gasteiger charge is 2.38. The smallest absolute Gasteiger partial charge is 0.307 e. The third-order valence-electron chi connectivity index (χ3n) is 3.54. The number of carbonyl (C=O) groups is 1. The average molecular weight is 199 g/mol. The lowest BCUT2D eigenvalue weighted by molar-refractivity contribution is -0.143. The number of esters is 1. The molecule has 0 aromatic carbocycles. The van der Waals surface area contributed by atoms with E-state index in [0.29, 0.717) is 12.3 Å². The molecule has 3 atom stereocenters. The second-order valence-electron chi connectivity index (χ2n) is 4.77. The van der Waals surface area contributed by atoms with E-state index in [1.165, 1.54) is 7.11 Å².